The number of nitro groups is 1. The first-order valence-electron chi connectivity index (χ1n) is 12.9. The van der Waals surface area contributed by atoms with Crippen molar-refractivity contribution in [1.29, 1.82) is 0 Å². The van der Waals surface area contributed by atoms with Gasteiger partial charge < -0.3 is 24.3 Å². The number of ether oxygens (including phenoxy) is 3. The molecule has 0 saturated carbocycles. The molecule has 9 nitrogen and oxygen atoms in total. The minimum Gasteiger partial charge on any atom is -0.490 e. The number of aryl methyl sites for hydroxylation is 1. The van der Waals surface area contributed by atoms with Gasteiger partial charge in [-0.3, -0.25) is 9.47 Å². The van der Waals surface area contributed by atoms with Crippen molar-refractivity contribution in [2.45, 2.75) is 51.2 Å². The van der Waals surface area contributed by atoms with Crippen molar-refractivity contribution in [2.24, 2.45) is 5.92 Å². The van der Waals surface area contributed by atoms with E-state index in [1.54, 1.807) is 16.7 Å². The lowest BCUT2D eigenvalue weighted by Gasteiger charge is -2.32. The molecule has 0 aliphatic carbocycles. The summed E-state index contributed by atoms with van der Waals surface area (Å²) in [6.45, 7) is 3.50. The Balaban J connectivity index is 1.03. The summed E-state index contributed by atoms with van der Waals surface area (Å²) in [6, 6.07) is 14.4. The van der Waals surface area contributed by atoms with Crippen molar-refractivity contribution in [3.63, 3.8) is 0 Å². The highest BCUT2D eigenvalue weighted by Crippen LogP contribution is 2.27. The molecule has 12 heteroatoms. The van der Waals surface area contributed by atoms with Gasteiger partial charge in [-0.05, 0) is 78.6 Å². The Morgan fingerprint density at radius 1 is 0.974 bits per heavy atom. The Hall–Kier alpha value is -3.80. The number of benzene rings is 2. The van der Waals surface area contributed by atoms with Crippen molar-refractivity contribution >= 4 is 5.82 Å². The number of imidazole rings is 1. The van der Waals surface area contributed by atoms with Crippen LogP contribution in [0.25, 0.3) is 0 Å². The lowest BCUT2D eigenvalue weighted by atomic mass is 9.90. The third kappa shape index (κ3) is 7.41. The minimum atomic E-state index is -4.68. The number of likely N-dealkylation sites (tertiary alicyclic amines) is 1. The van der Waals surface area contributed by atoms with E-state index >= 15 is 0 Å². The fraction of sp³-hybridized carbons (Fsp3) is 0.444. The number of piperidine rings is 1. The Bertz CT molecular complexity index is 1260. The van der Waals surface area contributed by atoms with Gasteiger partial charge in [-0.15, -0.1) is 13.2 Å². The molecule has 5 rings (SSSR count). The molecule has 1 fully saturated rings. The van der Waals surface area contributed by atoms with Crippen LogP contribution in [0.4, 0.5) is 19.0 Å². The molecule has 3 aromatic rings. The maximum atomic E-state index is 12.3. The molecule has 3 heterocycles. The first kappa shape index (κ1) is 26.8. The molecule has 2 aliphatic rings. The second-order valence-corrected chi connectivity index (χ2v) is 9.93. The number of alkyl halides is 3. The van der Waals surface area contributed by atoms with Crippen molar-refractivity contribution in [3.05, 3.63) is 76.0 Å². The number of aromatic nitrogens is 2. The average Bonchev–Trinajstić information content (AvgIpc) is 3.34. The fourth-order valence-corrected chi connectivity index (χ4v) is 4.98. The van der Waals surface area contributed by atoms with Crippen LogP contribution in [0.5, 0.6) is 17.5 Å². The molecule has 1 atom stereocenters. The molecule has 0 amide bonds. The van der Waals surface area contributed by atoms with Crippen LogP contribution in [0.3, 0.4) is 0 Å². The second kappa shape index (κ2) is 11.5. The van der Waals surface area contributed by atoms with Crippen LogP contribution in [0, 0.1) is 16.0 Å². The highest BCUT2D eigenvalue weighted by molar-refractivity contribution is 5.29. The molecular weight excluding hydrogens is 517 g/mol. The highest BCUT2D eigenvalue weighted by atomic mass is 19.4. The topological polar surface area (TPSA) is 91.9 Å². The predicted molar refractivity (Wildman–Crippen MR) is 135 cm³/mol. The van der Waals surface area contributed by atoms with E-state index in [2.05, 4.69) is 26.8 Å². The number of hydrogen-bond acceptors (Lipinski definition) is 7. The minimum absolute atomic E-state index is 0.204. The lowest BCUT2D eigenvalue weighted by Crippen LogP contribution is -2.33. The average molecular weight is 547 g/mol. The Labute approximate surface area is 223 Å². The molecule has 39 heavy (non-hydrogen) atoms. The molecule has 0 radical (unpaired) electrons. The van der Waals surface area contributed by atoms with Crippen LogP contribution >= 0.6 is 0 Å². The van der Waals surface area contributed by atoms with E-state index in [4.69, 9.17) is 9.47 Å². The maximum absolute atomic E-state index is 12.3. The standard InChI is InChI=1S/C27H29F3N4O5/c28-27(29,30)39-23-7-3-21(4-8-23)16-32-12-9-20(10-13-32)15-19-1-5-22(6-2-19)37-18-24-11-14-33-17-25(34(35)36)31-26(33)38-24/h1-8,17,20,24H,9-16,18H2. The number of fused-ring (bicyclic) bond motifs is 1. The molecule has 2 aliphatic heterocycles. The van der Waals surface area contributed by atoms with E-state index in [-0.39, 0.29) is 23.7 Å². The number of hydrogen-bond donors (Lipinski definition) is 0. The zero-order valence-corrected chi connectivity index (χ0v) is 21.2. The summed E-state index contributed by atoms with van der Waals surface area (Å²) in [5.74, 6) is 0.883. The van der Waals surface area contributed by atoms with Gasteiger partial charge in [0.25, 0.3) is 0 Å². The summed E-state index contributed by atoms with van der Waals surface area (Å²) >= 11 is 0. The second-order valence-electron chi connectivity index (χ2n) is 9.93. The summed E-state index contributed by atoms with van der Waals surface area (Å²) < 4.78 is 54.2. The van der Waals surface area contributed by atoms with Gasteiger partial charge >= 0.3 is 18.2 Å². The van der Waals surface area contributed by atoms with Crippen molar-refractivity contribution in [1.82, 2.24) is 14.5 Å². The van der Waals surface area contributed by atoms with Crippen LogP contribution in [0.15, 0.2) is 54.7 Å². The van der Waals surface area contributed by atoms with Gasteiger partial charge in [-0.1, -0.05) is 24.3 Å². The van der Waals surface area contributed by atoms with Gasteiger partial charge in [0.2, 0.25) is 0 Å². The van der Waals surface area contributed by atoms with E-state index in [1.807, 2.05) is 12.1 Å². The van der Waals surface area contributed by atoms with Crippen molar-refractivity contribution in [2.75, 3.05) is 19.7 Å². The molecular formula is C27H29F3N4O5. The summed E-state index contributed by atoms with van der Waals surface area (Å²) in [6.07, 6.45) is 0.242. The molecule has 0 spiro atoms. The van der Waals surface area contributed by atoms with E-state index in [0.29, 0.717) is 32.0 Å². The molecule has 2 aromatic carbocycles. The van der Waals surface area contributed by atoms with Gasteiger partial charge in [0.15, 0.2) is 0 Å². The third-order valence-electron chi connectivity index (χ3n) is 7.03. The number of rotatable bonds is 9. The SMILES string of the molecule is O=[N+]([O-])c1cn2c(n1)OC(COc1ccc(CC3CCN(Cc4ccc(OC(F)(F)F)cc4)CC3)cc1)CC2. The number of halogens is 3. The third-order valence-corrected chi connectivity index (χ3v) is 7.03. The smallest absolute Gasteiger partial charge is 0.490 e. The molecule has 208 valence electrons. The van der Waals surface area contributed by atoms with E-state index in [1.165, 1.54) is 23.9 Å². The van der Waals surface area contributed by atoms with Gasteiger partial charge in [-0.2, -0.15) is 0 Å². The van der Waals surface area contributed by atoms with Crippen molar-refractivity contribution in [3.8, 4) is 17.5 Å². The maximum Gasteiger partial charge on any atom is 0.573 e. The fourth-order valence-electron chi connectivity index (χ4n) is 4.98. The van der Waals surface area contributed by atoms with Crippen LogP contribution in [0.2, 0.25) is 0 Å². The lowest BCUT2D eigenvalue weighted by molar-refractivity contribution is -0.389. The largest absolute Gasteiger partial charge is 0.573 e. The predicted octanol–water partition coefficient (Wildman–Crippen LogP) is 5.37. The van der Waals surface area contributed by atoms with Crippen LogP contribution in [0.1, 0.15) is 30.4 Å². The summed E-state index contributed by atoms with van der Waals surface area (Å²) in [5.41, 5.74) is 2.20. The monoisotopic (exact) mass is 546 g/mol. The molecule has 1 saturated heterocycles. The van der Waals surface area contributed by atoms with E-state index in [9.17, 15) is 23.3 Å². The molecule has 1 aromatic heterocycles. The summed E-state index contributed by atoms with van der Waals surface area (Å²) in [4.78, 5) is 16.6. The Morgan fingerprint density at radius 3 is 2.31 bits per heavy atom. The summed E-state index contributed by atoms with van der Waals surface area (Å²) in [7, 11) is 0. The molecule has 0 bridgehead atoms. The summed E-state index contributed by atoms with van der Waals surface area (Å²) in [5, 5.41) is 10.9. The van der Waals surface area contributed by atoms with Gasteiger partial charge in [0.05, 0.1) is 0 Å². The number of nitrogens with zero attached hydrogens (tertiary/aromatic N) is 4. The Kier molecular flexibility index (Phi) is 7.92. The van der Waals surface area contributed by atoms with Crippen LogP contribution in [-0.2, 0) is 19.5 Å². The van der Waals surface area contributed by atoms with Gasteiger partial charge in [0, 0.05) is 24.5 Å². The van der Waals surface area contributed by atoms with Gasteiger partial charge in [-0.25, -0.2) is 0 Å². The highest BCUT2D eigenvalue weighted by Gasteiger charge is 2.31. The normalized spacial score (nSPS) is 18.3. The van der Waals surface area contributed by atoms with E-state index in [0.717, 1.165) is 43.7 Å². The Morgan fingerprint density at radius 2 is 1.64 bits per heavy atom. The zero-order valence-electron chi connectivity index (χ0n) is 21.2. The molecule has 0 N–H and O–H groups in total. The van der Waals surface area contributed by atoms with Gasteiger partial charge in [0.1, 0.15) is 30.4 Å². The van der Waals surface area contributed by atoms with Crippen LogP contribution in [-0.4, -0.2) is 51.5 Å². The van der Waals surface area contributed by atoms with E-state index < -0.39 is 11.3 Å². The first-order chi connectivity index (χ1) is 18.7. The van der Waals surface area contributed by atoms with Crippen molar-refractivity contribution < 1.29 is 32.3 Å². The molecule has 1 unspecified atom stereocenters. The first-order valence-corrected chi connectivity index (χ1v) is 12.9. The van der Waals surface area contributed by atoms with Crippen LogP contribution < -0.4 is 14.2 Å². The zero-order chi connectivity index (χ0) is 27.4. The quantitative estimate of drug-likeness (QED) is 0.263.